The van der Waals surface area contributed by atoms with E-state index in [1.165, 1.54) is 55.2 Å². The minimum absolute atomic E-state index is 0. The monoisotopic (exact) mass is 760 g/mol. The predicted molar refractivity (Wildman–Crippen MR) is 132 cm³/mol. The minimum Gasteiger partial charge on any atom is -0.579 e. The van der Waals surface area contributed by atoms with Crippen molar-refractivity contribution in [3.63, 3.8) is 0 Å². The van der Waals surface area contributed by atoms with Crippen LogP contribution in [0.25, 0.3) is 0 Å². The van der Waals surface area contributed by atoms with Crippen LogP contribution < -0.4 is 15.3 Å². The van der Waals surface area contributed by atoms with Gasteiger partial charge < -0.3 is 30.6 Å². The Morgan fingerprint density at radius 2 is 0.829 bits per heavy atom. The maximum atomic E-state index is 4.04. The molecule has 0 aliphatic rings. The fourth-order valence-electron chi connectivity index (χ4n) is 3.45. The summed E-state index contributed by atoms with van der Waals surface area (Å²) in [5.41, 5.74) is 10.5. The first-order valence-electron chi connectivity index (χ1n) is 12.1. The van der Waals surface area contributed by atoms with E-state index in [0.717, 1.165) is 47.0 Å². The molecule has 6 nitrogen and oxygen atoms in total. The van der Waals surface area contributed by atoms with Crippen LogP contribution in [0.1, 0.15) is 103 Å². The fraction of sp³-hybridized carbons (Fsp3) is 0.654. The van der Waals surface area contributed by atoms with E-state index in [-0.39, 0.29) is 67.1 Å². The van der Waals surface area contributed by atoms with Crippen molar-refractivity contribution in [1.29, 1.82) is 0 Å². The molecule has 0 aromatic carbocycles. The van der Waals surface area contributed by atoms with E-state index in [2.05, 4.69) is 44.4 Å². The van der Waals surface area contributed by atoms with Crippen molar-refractivity contribution in [1.82, 2.24) is 30.6 Å². The summed E-state index contributed by atoms with van der Waals surface area (Å²) in [4.78, 5) is 0. The van der Waals surface area contributed by atoms with Crippen LogP contribution in [0.3, 0.4) is 0 Å². The Hall–Kier alpha value is -0.149. The number of hydrogen-bond acceptors (Lipinski definition) is 3. The molecule has 9 heteroatoms. The van der Waals surface area contributed by atoms with E-state index < -0.39 is 0 Å². The SMILES string of the molecule is CCCCCc1c(C)n[n-]c1C.CCCCCc1c(C)n[n-]c1C.Cc1n[n-]c(C)c1C.[Ag+].[Ag+].[Ag+]. The maximum absolute atomic E-state index is 4.04. The average molecular weight is 763 g/mol. The summed E-state index contributed by atoms with van der Waals surface area (Å²) in [7, 11) is 0. The van der Waals surface area contributed by atoms with E-state index in [9.17, 15) is 0 Å². The topological polar surface area (TPSA) is 81.0 Å². The van der Waals surface area contributed by atoms with Gasteiger partial charge in [0.15, 0.2) is 0 Å². The van der Waals surface area contributed by atoms with Crippen LogP contribution in [-0.2, 0) is 80.0 Å². The van der Waals surface area contributed by atoms with Crippen LogP contribution in [0.2, 0.25) is 0 Å². The second-order valence-corrected chi connectivity index (χ2v) is 8.61. The summed E-state index contributed by atoms with van der Waals surface area (Å²) in [5.74, 6) is 0. The Bertz CT molecular complexity index is 804. The largest absolute Gasteiger partial charge is 1.00 e. The van der Waals surface area contributed by atoms with Gasteiger partial charge in [-0.3, -0.25) is 0 Å². The van der Waals surface area contributed by atoms with Crippen molar-refractivity contribution >= 4 is 0 Å². The molecule has 0 bridgehead atoms. The second-order valence-electron chi connectivity index (χ2n) is 8.61. The third-order valence-electron chi connectivity index (χ3n) is 5.94. The van der Waals surface area contributed by atoms with Gasteiger partial charge in [0.25, 0.3) is 0 Å². The third-order valence-corrected chi connectivity index (χ3v) is 5.94. The van der Waals surface area contributed by atoms with Gasteiger partial charge in [-0.1, -0.05) is 60.3 Å². The first-order chi connectivity index (χ1) is 15.2. The molecule has 0 fully saturated rings. The Kier molecular flexibility index (Phi) is 24.6. The molecule has 0 amide bonds. The van der Waals surface area contributed by atoms with Gasteiger partial charge in [-0.2, -0.15) is 0 Å². The van der Waals surface area contributed by atoms with E-state index >= 15 is 0 Å². The molecule has 3 aromatic rings. The van der Waals surface area contributed by atoms with Gasteiger partial charge in [0.2, 0.25) is 0 Å². The van der Waals surface area contributed by atoms with E-state index in [4.69, 9.17) is 0 Å². The molecule has 3 heterocycles. The molecule has 0 aliphatic carbocycles. The van der Waals surface area contributed by atoms with E-state index in [0.29, 0.717) is 0 Å². The maximum Gasteiger partial charge on any atom is 1.00 e. The van der Waals surface area contributed by atoms with Gasteiger partial charge in [-0.05, 0) is 70.1 Å². The average Bonchev–Trinajstić information content (AvgIpc) is 3.38. The van der Waals surface area contributed by atoms with Crippen LogP contribution in [0.15, 0.2) is 0 Å². The summed E-state index contributed by atoms with van der Waals surface area (Å²) < 4.78 is 0. The molecule has 0 saturated carbocycles. The molecule has 3 rings (SSSR count). The quantitative estimate of drug-likeness (QED) is 0.216. The summed E-state index contributed by atoms with van der Waals surface area (Å²) >= 11 is 0. The Morgan fingerprint density at radius 1 is 0.486 bits per heavy atom. The number of aromatic nitrogens is 6. The summed E-state index contributed by atoms with van der Waals surface area (Å²) in [6.07, 6.45) is 10.0. The van der Waals surface area contributed by atoms with Gasteiger partial charge in [-0.15, -0.1) is 17.1 Å². The third kappa shape index (κ3) is 14.4. The zero-order chi connectivity index (χ0) is 24.1. The van der Waals surface area contributed by atoms with E-state index in [1.54, 1.807) is 0 Å². The standard InChI is InChI=1S/2C10H17N2.C6H9N2.3Ag/c2*1-4-5-6-7-10-8(2)11-12-9(10)3;1-4-5(2)7-8-6(4)3;;;/h2*4-7H2,1-3H3;1-3H3;;;/q3*-1;3*+1. The Labute approximate surface area is 260 Å². The number of nitrogens with zero attached hydrogens (tertiary/aromatic N) is 6. The smallest absolute Gasteiger partial charge is 0.579 e. The molecule has 0 atom stereocenters. The number of unbranched alkanes of at least 4 members (excludes halogenated alkanes) is 4. The molecule has 210 valence electrons. The van der Waals surface area contributed by atoms with E-state index in [1.807, 2.05) is 48.5 Å². The molecule has 0 saturated heterocycles. The summed E-state index contributed by atoms with van der Waals surface area (Å²) in [6.45, 7) is 18.6. The second kappa shape index (κ2) is 21.9. The molecule has 0 unspecified atom stereocenters. The predicted octanol–water partition coefficient (Wildman–Crippen LogP) is 5.73. The molecule has 0 N–H and O–H groups in total. The zero-order valence-electron chi connectivity index (χ0n) is 22.7. The molecule has 3 aromatic heterocycles. The van der Waals surface area contributed by atoms with Crippen molar-refractivity contribution in [2.45, 2.75) is 114 Å². The van der Waals surface area contributed by atoms with Crippen LogP contribution in [0.5, 0.6) is 0 Å². The Balaban J connectivity index is -0.000000429. The van der Waals surface area contributed by atoms with Gasteiger partial charge in [0.1, 0.15) is 0 Å². The summed E-state index contributed by atoms with van der Waals surface area (Å²) in [5, 5.41) is 23.9. The van der Waals surface area contributed by atoms with Crippen molar-refractivity contribution in [2.24, 2.45) is 0 Å². The van der Waals surface area contributed by atoms with Gasteiger partial charge in [-0.25, -0.2) is 0 Å². The van der Waals surface area contributed by atoms with Crippen molar-refractivity contribution in [3.8, 4) is 0 Å². The van der Waals surface area contributed by atoms with Crippen LogP contribution >= 0.6 is 0 Å². The first-order valence-corrected chi connectivity index (χ1v) is 12.1. The Morgan fingerprint density at radius 3 is 1.03 bits per heavy atom. The summed E-state index contributed by atoms with van der Waals surface area (Å²) in [6, 6.07) is 0. The molecular weight excluding hydrogens is 720 g/mol. The number of hydrogen-bond donors (Lipinski definition) is 0. The van der Waals surface area contributed by atoms with Crippen molar-refractivity contribution in [3.05, 3.63) is 50.9 Å². The van der Waals surface area contributed by atoms with Crippen LogP contribution in [-0.4, -0.2) is 15.3 Å². The van der Waals surface area contributed by atoms with Crippen LogP contribution in [0, 0.1) is 48.5 Å². The van der Waals surface area contributed by atoms with Crippen LogP contribution in [0.4, 0.5) is 0 Å². The molecule has 0 radical (unpaired) electrons. The van der Waals surface area contributed by atoms with Gasteiger partial charge >= 0.3 is 67.1 Å². The minimum atomic E-state index is 0. The fourth-order valence-corrected chi connectivity index (χ4v) is 3.45. The first kappa shape index (κ1) is 39.4. The zero-order valence-corrected chi connectivity index (χ0v) is 27.2. The normalized spacial score (nSPS) is 9.51. The molecular formula is C26H43Ag3N6. The van der Waals surface area contributed by atoms with Gasteiger partial charge in [0, 0.05) is 17.1 Å². The number of rotatable bonds is 8. The van der Waals surface area contributed by atoms with Gasteiger partial charge in [0.05, 0.1) is 0 Å². The molecule has 0 spiro atoms. The van der Waals surface area contributed by atoms with Crippen molar-refractivity contribution < 1.29 is 67.1 Å². The molecule has 35 heavy (non-hydrogen) atoms. The number of aryl methyl sites for hydroxylation is 6. The molecule has 0 aliphatic heterocycles. The van der Waals surface area contributed by atoms with Crippen molar-refractivity contribution in [2.75, 3.05) is 0 Å².